The van der Waals surface area contributed by atoms with E-state index in [2.05, 4.69) is 15.8 Å². The van der Waals surface area contributed by atoms with Crippen molar-refractivity contribution in [2.45, 2.75) is 44.8 Å². The highest BCUT2D eigenvalue weighted by Gasteiger charge is 2.55. The van der Waals surface area contributed by atoms with Crippen LogP contribution in [0, 0.1) is 5.82 Å². The predicted octanol–water partition coefficient (Wildman–Crippen LogP) is 6.72. The maximum absolute atomic E-state index is 13.8. The standard InChI is InChI=1S/C30H31Cl2FN6O4/c1-30(2)27(39(43)28(41)35-24-9-5-7-21(31)17-24)38(25-10-6-8-22(32)18-25)29(42)37(30)16-4-3-11-26(40)36-34-19-20-12-14-23(33)15-13-20/h5-10,12-15,17-19,27,43H,3-4,11,16H2,1-2H3,(H,35,41)(H,36,40)/b34-19-/t27-/m1/s1. The second-order valence-electron chi connectivity index (χ2n) is 10.4. The summed E-state index contributed by atoms with van der Waals surface area (Å²) >= 11 is 12.2. The molecule has 43 heavy (non-hydrogen) atoms. The van der Waals surface area contributed by atoms with Gasteiger partial charge in [-0.25, -0.2) is 19.4 Å². The van der Waals surface area contributed by atoms with Gasteiger partial charge in [-0.3, -0.25) is 14.9 Å². The fourth-order valence-electron chi connectivity index (χ4n) is 4.80. The Labute approximate surface area is 258 Å². The number of rotatable bonds is 10. The Bertz CT molecular complexity index is 1500. The molecule has 1 saturated heterocycles. The molecule has 1 aliphatic heterocycles. The highest BCUT2D eigenvalue weighted by Crippen LogP contribution is 2.39. The van der Waals surface area contributed by atoms with Gasteiger partial charge in [0.05, 0.1) is 11.8 Å². The van der Waals surface area contributed by atoms with Crippen molar-refractivity contribution >= 4 is 58.8 Å². The van der Waals surface area contributed by atoms with Gasteiger partial charge in [0.25, 0.3) is 0 Å². The Hall–Kier alpha value is -4.19. The van der Waals surface area contributed by atoms with Gasteiger partial charge in [-0.1, -0.05) is 47.5 Å². The van der Waals surface area contributed by atoms with Crippen LogP contribution in [0.5, 0.6) is 0 Å². The summed E-state index contributed by atoms with van der Waals surface area (Å²) in [6.45, 7) is 3.73. The quantitative estimate of drug-likeness (QED) is 0.0999. The number of halogens is 3. The molecule has 13 heteroatoms. The minimum atomic E-state index is -1.14. The molecule has 0 unspecified atom stereocenters. The highest BCUT2D eigenvalue weighted by atomic mass is 35.5. The first-order chi connectivity index (χ1) is 20.5. The number of carbonyl (C=O) groups excluding carboxylic acids is 3. The van der Waals surface area contributed by atoms with Gasteiger partial charge in [0.1, 0.15) is 5.82 Å². The molecule has 1 atom stereocenters. The van der Waals surface area contributed by atoms with Gasteiger partial charge in [0, 0.05) is 34.4 Å². The number of unbranched alkanes of at least 4 members (excludes halogenated alkanes) is 1. The number of anilines is 2. The van der Waals surface area contributed by atoms with Gasteiger partial charge in [-0.05, 0) is 80.8 Å². The fraction of sp³-hybridized carbons (Fsp3) is 0.267. The normalized spacial score (nSPS) is 16.0. The van der Waals surface area contributed by atoms with Crippen molar-refractivity contribution < 1.29 is 24.0 Å². The monoisotopic (exact) mass is 628 g/mol. The molecule has 226 valence electrons. The van der Waals surface area contributed by atoms with Crippen molar-refractivity contribution in [2.75, 3.05) is 16.8 Å². The molecule has 0 aromatic heterocycles. The molecule has 0 spiro atoms. The fourth-order valence-corrected chi connectivity index (χ4v) is 5.18. The molecule has 0 bridgehead atoms. The van der Waals surface area contributed by atoms with E-state index in [4.69, 9.17) is 23.2 Å². The molecule has 3 aromatic rings. The first kappa shape index (κ1) is 31.7. The lowest BCUT2D eigenvalue weighted by Crippen LogP contribution is -2.58. The minimum Gasteiger partial charge on any atom is -0.315 e. The van der Waals surface area contributed by atoms with Crippen LogP contribution >= 0.6 is 23.2 Å². The topological polar surface area (TPSA) is 118 Å². The first-order valence-electron chi connectivity index (χ1n) is 13.5. The SMILES string of the molecule is CC1(C)[C@@H](N(O)C(=O)Nc2cccc(Cl)c2)N(c2cccc(Cl)c2)C(=O)N1CCCCC(=O)N/N=C\c1ccc(F)cc1. The number of benzene rings is 3. The molecule has 1 fully saturated rings. The van der Waals surface area contributed by atoms with Crippen LogP contribution in [0.25, 0.3) is 0 Å². The van der Waals surface area contributed by atoms with Crippen LogP contribution in [0.4, 0.5) is 25.4 Å². The van der Waals surface area contributed by atoms with Gasteiger partial charge >= 0.3 is 12.1 Å². The number of nitrogens with one attached hydrogen (secondary N) is 2. The van der Waals surface area contributed by atoms with Crippen LogP contribution in [0.3, 0.4) is 0 Å². The van der Waals surface area contributed by atoms with Gasteiger partial charge in [-0.2, -0.15) is 10.2 Å². The van der Waals surface area contributed by atoms with Gasteiger partial charge in [-0.15, -0.1) is 0 Å². The Kier molecular flexibility index (Phi) is 10.2. The third-order valence-electron chi connectivity index (χ3n) is 6.92. The largest absolute Gasteiger partial charge is 0.347 e. The second-order valence-corrected chi connectivity index (χ2v) is 11.3. The molecule has 0 saturated carbocycles. The number of hydrogen-bond donors (Lipinski definition) is 3. The number of hydrogen-bond acceptors (Lipinski definition) is 5. The average Bonchev–Trinajstić information content (AvgIpc) is 3.16. The average molecular weight is 630 g/mol. The molecule has 1 aliphatic rings. The maximum atomic E-state index is 13.8. The van der Waals surface area contributed by atoms with Gasteiger partial charge < -0.3 is 10.2 Å². The van der Waals surface area contributed by atoms with Crippen molar-refractivity contribution in [1.82, 2.24) is 15.4 Å². The molecule has 0 radical (unpaired) electrons. The molecule has 5 amide bonds. The van der Waals surface area contributed by atoms with Crippen LogP contribution in [0.15, 0.2) is 77.9 Å². The molecule has 3 aromatic carbocycles. The van der Waals surface area contributed by atoms with E-state index in [1.165, 1.54) is 41.4 Å². The summed E-state index contributed by atoms with van der Waals surface area (Å²) < 4.78 is 13.0. The zero-order valence-electron chi connectivity index (χ0n) is 23.5. The minimum absolute atomic E-state index is 0.152. The zero-order valence-corrected chi connectivity index (χ0v) is 25.0. The van der Waals surface area contributed by atoms with Gasteiger partial charge in [0.15, 0.2) is 6.17 Å². The van der Waals surface area contributed by atoms with Crippen LogP contribution in [-0.2, 0) is 4.79 Å². The molecule has 10 nitrogen and oxygen atoms in total. The summed E-state index contributed by atoms with van der Waals surface area (Å²) in [4.78, 5) is 42.1. The van der Waals surface area contributed by atoms with E-state index in [-0.39, 0.29) is 24.7 Å². The maximum Gasteiger partial charge on any atom is 0.347 e. The number of amides is 5. The van der Waals surface area contributed by atoms with E-state index in [0.29, 0.717) is 44.9 Å². The lowest BCUT2D eigenvalue weighted by atomic mass is 9.99. The molecule has 1 heterocycles. The van der Waals surface area contributed by atoms with E-state index < -0.39 is 23.8 Å². The summed E-state index contributed by atoms with van der Waals surface area (Å²) in [6.07, 6.45) is 1.33. The van der Waals surface area contributed by atoms with Crippen LogP contribution in [0.2, 0.25) is 10.0 Å². The van der Waals surface area contributed by atoms with Crippen LogP contribution in [-0.4, -0.2) is 57.6 Å². The van der Waals surface area contributed by atoms with Gasteiger partial charge in [0.2, 0.25) is 5.91 Å². The Morgan fingerprint density at radius 1 is 1.05 bits per heavy atom. The van der Waals surface area contributed by atoms with E-state index >= 15 is 0 Å². The van der Waals surface area contributed by atoms with Crippen molar-refractivity contribution in [3.63, 3.8) is 0 Å². The molecule has 4 rings (SSSR count). The van der Waals surface area contributed by atoms with Crippen molar-refractivity contribution in [2.24, 2.45) is 5.10 Å². The lowest BCUT2D eigenvalue weighted by molar-refractivity contribution is -0.121. The van der Waals surface area contributed by atoms with E-state index in [1.807, 2.05) is 0 Å². The Morgan fingerprint density at radius 3 is 2.40 bits per heavy atom. The Balaban J connectivity index is 1.43. The summed E-state index contributed by atoms with van der Waals surface area (Å²) in [5, 5.41) is 19.0. The van der Waals surface area contributed by atoms with Crippen LogP contribution in [0.1, 0.15) is 38.7 Å². The number of nitrogens with zero attached hydrogens (tertiary/aromatic N) is 4. The summed E-state index contributed by atoms with van der Waals surface area (Å²) in [7, 11) is 0. The summed E-state index contributed by atoms with van der Waals surface area (Å²) in [5.41, 5.74) is 2.76. The third-order valence-corrected chi connectivity index (χ3v) is 7.39. The molecule has 3 N–H and O–H groups in total. The molecular weight excluding hydrogens is 598 g/mol. The van der Waals surface area contributed by atoms with Crippen molar-refractivity contribution in [1.29, 1.82) is 0 Å². The number of urea groups is 2. The van der Waals surface area contributed by atoms with E-state index in [1.54, 1.807) is 61.2 Å². The number of carbonyl (C=O) groups is 3. The van der Waals surface area contributed by atoms with Crippen molar-refractivity contribution in [3.8, 4) is 0 Å². The first-order valence-corrected chi connectivity index (χ1v) is 14.2. The van der Waals surface area contributed by atoms with Crippen LogP contribution < -0.4 is 15.6 Å². The van der Waals surface area contributed by atoms with E-state index in [9.17, 15) is 24.0 Å². The second kappa shape index (κ2) is 13.9. The number of hydrazone groups is 1. The lowest BCUT2D eigenvalue weighted by Gasteiger charge is -2.38. The zero-order chi connectivity index (χ0) is 31.1. The predicted molar refractivity (Wildman–Crippen MR) is 164 cm³/mol. The Morgan fingerprint density at radius 2 is 1.72 bits per heavy atom. The van der Waals surface area contributed by atoms with Crippen molar-refractivity contribution in [3.05, 3.63) is 94.2 Å². The molecular formula is C30H31Cl2FN6O4. The molecule has 0 aliphatic carbocycles. The third kappa shape index (κ3) is 7.81. The smallest absolute Gasteiger partial charge is 0.315 e. The van der Waals surface area contributed by atoms with E-state index in [0.717, 1.165) is 0 Å². The number of hydroxylamine groups is 2. The highest BCUT2D eigenvalue weighted by molar-refractivity contribution is 6.31. The summed E-state index contributed by atoms with van der Waals surface area (Å²) in [5.74, 6) is -0.682. The summed E-state index contributed by atoms with van der Waals surface area (Å²) in [6, 6.07) is 17.4.